The van der Waals surface area contributed by atoms with Crippen molar-refractivity contribution in [3.8, 4) is 0 Å². The predicted molar refractivity (Wildman–Crippen MR) is 108 cm³/mol. The van der Waals surface area contributed by atoms with Gasteiger partial charge in [0.05, 0.1) is 10.8 Å². The number of aliphatic carboxylic acids is 1. The Labute approximate surface area is 171 Å². The number of carbonyl (C=O) groups is 3. The molecule has 1 saturated heterocycles. The molecule has 11 heteroatoms. The lowest BCUT2D eigenvalue weighted by Crippen LogP contribution is -2.70. The number of fused-ring (bicyclic) bond motifs is 1. The first-order valence-corrected chi connectivity index (χ1v) is 12.6. The largest absolute Gasteiger partial charge is 0.477 e. The van der Waals surface area contributed by atoms with E-state index >= 15 is 0 Å². The van der Waals surface area contributed by atoms with E-state index < -0.39 is 40.0 Å². The van der Waals surface area contributed by atoms with Crippen molar-refractivity contribution < 1.29 is 23.7 Å². The molecular formula is C16H18N2O5S4. The van der Waals surface area contributed by atoms with Crippen molar-refractivity contribution in [1.82, 2.24) is 10.2 Å². The van der Waals surface area contributed by atoms with Gasteiger partial charge in [-0.2, -0.15) is 23.1 Å². The second-order valence-electron chi connectivity index (χ2n) is 5.80. The van der Waals surface area contributed by atoms with E-state index in [0.717, 1.165) is 11.3 Å². The molecule has 0 bridgehead atoms. The molecule has 3 atom stereocenters. The van der Waals surface area contributed by atoms with Crippen LogP contribution in [0.1, 0.15) is 6.92 Å². The maximum atomic E-state index is 12.5. The summed E-state index contributed by atoms with van der Waals surface area (Å²) in [5.74, 6) is -0.321. The Hall–Kier alpha value is -1.30. The lowest BCUT2D eigenvalue weighted by Gasteiger charge is -2.49. The van der Waals surface area contributed by atoms with Crippen LogP contribution >= 0.6 is 34.9 Å². The Balaban J connectivity index is 1.65. The van der Waals surface area contributed by atoms with Crippen LogP contribution in [0.4, 0.5) is 0 Å². The second kappa shape index (κ2) is 8.80. The second-order valence-corrected chi connectivity index (χ2v) is 10.4. The zero-order chi connectivity index (χ0) is 19.6. The molecular weight excluding hydrogens is 428 g/mol. The van der Waals surface area contributed by atoms with Crippen LogP contribution in [0.25, 0.3) is 0 Å². The number of thiophene rings is 1. The van der Waals surface area contributed by atoms with Gasteiger partial charge < -0.3 is 10.4 Å². The van der Waals surface area contributed by atoms with Gasteiger partial charge in [0, 0.05) is 21.8 Å². The molecule has 1 fully saturated rings. The average molecular weight is 447 g/mol. The van der Waals surface area contributed by atoms with Crippen molar-refractivity contribution in [2.24, 2.45) is 0 Å². The molecule has 3 heterocycles. The summed E-state index contributed by atoms with van der Waals surface area (Å²) >= 11 is 4.45. The number of carboxylic acid groups (broad SMARTS) is 1. The molecule has 3 rings (SSSR count). The summed E-state index contributed by atoms with van der Waals surface area (Å²) < 4.78 is 12.1. The number of hydrogen-bond donors (Lipinski definition) is 2. The lowest BCUT2D eigenvalue weighted by atomic mass is 10.0. The first kappa shape index (κ1) is 20.4. The van der Waals surface area contributed by atoms with E-state index in [4.69, 9.17) is 0 Å². The van der Waals surface area contributed by atoms with Crippen molar-refractivity contribution >= 4 is 63.4 Å². The number of rotatable bonds is 8. The SMILES string of the molecule is CCSCC1=C(C(=O)O)N2C(=O)C(NC(=O)CS(=O)c3ccsc3)[C@H]2SC1. The molecule has 2 amide bonds. The van der Waals surface area contributed by atoms with Crippen LogP contribution in [0.5, 0.6) is 0 Å². The smallest absolute Gasteiger partial charge is 0.352 e. The molecule has 1 aromatic rings. The highest BCUT2D eigenvalue weighted by Crippen LogP contribution is 2.41. The van der Waals surface area contributed by atoms with Crippen LogP contribution in [0.3, 0.4) is 0 Å². The summed E-state index contributed by atoms with van der Waals surface area (Å²) in [6.45, 7) is 1.99. The van der Waals surface area contributed by atoms with Crippen LogP contribution in [0, 0.1) is 0 Å². The molecule has 7 nitrogen and oxygen atoms in total. The summed E-state index contributed by atoms with van der Waals surface area (Å²) in [6, 6.07) is 0.915. The minimum atomic E-state index is -1.46. The monoisotopic (exact) mass is 446 g/mol. The minimum absolute atomic E-state index is 0.0389. The molecule has 2 unspecified atom stereocenters. The van der Waals surface area contributed by atoms with Gasteiger partial charge in [0.15, 0.2) is 0 Å². The molecule has 0 spiro atoms. The fourth-order valence-electron chi connectivity index (χ4n) is 2.82. The summed E-state index contributed by atoms with van der Waals surface area (Å²) in [5.41, 5.74) is 0.768. The minimum Gasteiger partial charge on any atom is -0.477 e. The van der Waals surface area contributed by atoms with Gasteiger partial charge in [0.2, 0.25) is 5.91 Å². The van der Waals surface area contributed by atoms with E-state index in [1.54, 1.807) is 28.6 Å². The zero-order valence-electron chi connectivity index (χ0n) is 14.4. The third-order valence-electron chi connectivity index (χ3n) is 4.07. The van der Waals surface area contributed by atoms with Crippen molar-refractivity contribution in [3.63, 3.8) is 0 Å². The number of nitrogens with one attached hydrogen (secondary N) is 1. The fraction of sp³-hybridized carbons (Fsp3) is 0.438. The number of amides is 2. The molecule has 1 aromatic heterocycles. The quantitative estimate of drug-likeness (QED) is 0.581. The van der Waals surface area contributed by atoms with E-state index in [2.05, 4.69) is 5.32 Å². The van der Waals surface area contributed by atoms with Crippen LogP contribution in [0.15, 0.2) is 33.0 Å². The Bertz CT molecular complexity index is 808. The summed E-state index contributed by atoms with van der Waals surface area (Å²) in [4.78, 5) is 38.2. The maximum Gasteiger partial charge on any atom is 0.352 e. The van der Waals surface area contributed by atoms with Gasteiger partial charge in [-0.25, -0.2) is 4.79 Å². The lowest BCUT2D eigenvalue weighted by molar-refractivity contribution is -0.150. The molecule has 146 valence electrons. The average Bonchev–Trinajstić information content (AvgIpc) is 3.18. The molecule has 0 saturated carbocycles. The number of β-lactam (4-membered cyclic amide) rings is 1. The predicted octanol–water partition coefficient (Wildman–Crippen LogP) is 1.35. The number of thioether (sulfide) groups is 2. The van der Waals surface area contributed by atoms with Gasteiger partial charge in [0.1, 0.15) is 22.9 Å². The summed E-state index contributed by atoms with van der Waals surface area (Å²) in [6.07, 6.45) is 0. The van der Waals surface area contributed by atoms with Crippen molar-refractivity contribution in [3.05, 3.63) is 28.1 Å². The first-order chi connectivity index (χ1) is 12.9. The maximum absolute atomic E-state index is 12.5. The highest BCUT2D eigenvalue weighted by molar-refractivity contribution is 8.01. The van der Waals surface area contributed by atoms with Crippen LogP contribution in [-0.4, -0.2) is 66.4 Å². The number of nitrogens with zero attached hydrogens (tertiary/aromatic N) is 1. The Morgan fingerprint density at radius 2 is 2.26 bits per heavy atom. The Morgan fingerprint density at radius 1 is 1.48 bits per heavy atom. The van der Waals surface area contributed by atoms with Gasteiger partial charge in [-0.1, -0.05) is 6.92 Å². The topological polar surface area (TPSA) is 104 Å². The van der Waals surface area contributed by atoms with E-state index in [1.807, 2.05) is 6.92 Å². The first-order valence-electron chi connectivity index (χ1n) is 8.11. The van der Waals surface area contributed by atoms with Gasteiger partial charge >= 0.3 is 5.97 Å². The van der Waals surface area contributed by atoms with Crippen molar-refractivity contribution in [2.45, 2.75) is 23.2 Å². The summed E-state index contributed by atoms with van der Waals surface area (Å²) in [7, 11) is -1.46. The highest BCUT2D eigenvalue weighted by atomic mass is 32.2. The van der Waals surface area contributed by atoms with Gasteiger partial charge in [-0.15, -0.1) is 11.8 Å². The van der Waals surface area contributed by atoms with E-state index in [0.29, 0.717) is 16.4 Å². The molecule has 0 aliphatic carbocycles. The van der Waals surface area contributed by atoms with Crippen molar-refractivity contribution in [2.75, 3.05) is 23.0 Å². The zero-order valence-corrected chi connectivity index (χ0v) is 17.6. The highest BCUT2D eigenvalue weighted by Gasteiger charge is 2.54. The van der Waals surface area contributed by atoms with Crippen LogP contribution in [0.2, 0.25) is 0 Å². The molecule has 0 aromatic carbocycles. The summed E-state index contributed by atoms with van der Waals surface area (Å²) in [5, 5.41) is 15.2. The Morgan fingerprint density at radius 3 is 2.89 bits per heavy atom. The Kier molecular flexibility index (Phi) is 6.66. The van der Waals surface area contributed by atoms with Crippen LogP contribution in [-0.2, 0) is 25.2 Å². The van der Waals surface area contributed by atoms with E-state index in [-0.39, 0.29) is 11.4 Å². The third-order valence-corrected chi connectivity index (χ3v) is 8.50. The standard InChI is InChI=1S/C16H18N2O5S4/c1-2-24-5-9-6-26-15-12(14(20)18(15)13(9)16(21)22)17-11(19)8-27(23)10-3-4-25-7-10/h3-4,7,12,15H,2,5-6,8H2,1H3,(H,17,19)(H,21,22)/t12?,15-,27?/m1/s1. The normalized spacial score (nSPS) is 22.9. The van der Waals surface area contributed by atoms with E-state index in [9.17, 15) is 23.7 Å². The number of carboxylic acids is 1. The van der Waals surface area contributed by atoms with Gasteiger partial charge in [-0.05, 0) is 22.8 Å². The van der Waals surface area contributed by atoms with Gasteiger partial charge in [-0.3, -0.25) is 18.7 Å². The van der Waals surface area contributed by atoms with Gasteiger partial charge in [0.25, 0.3) is 5.91 Å². The fourth-order valence-corrected chi connectivity index (χ4v) is 6.89. The van der Waals surface area contributed by atoms with Crippen LogP contribution < -0.4 is 5.32 Å². The molecule has 2 aliphatic heterocycles. The third kappa shape index (κ3) is 4.25. The molecule has 0 radical (unpaired) electrons. The molecule has 27 heavy (non-hydrogen) atoms. The molecule has 2 N–H and O–H groups in total. The van der Waals surface area contributed by atoms with Crippen molar-refractivity contribution in [1.29, 1.82) is 0 Å². The molecule has 2 aliphatic rings. The van der Waals surface area contributed by atoms with E-state index in [1.165, 1.54) is 28.0 Å². The number of hydrogen-bond acceptors (Lipinski definition) is 7. The number of carbonyl (C=O) groups excluding carboxylic acids is 2.